The zero-order chi connectivity index (χ0) is 17.4. The highest BCUT2D eigenvalue weighted by Gasteiger charge is 2.07. The Labute approximate surface area is 154 Å². The Hall–Kier alpha value is -2.00. The fraction of sp³-hybridized carbons (Fsp3) is 0.235. The largest absolute Gasteiger partial charge is 0.493 e. The third-order valence-corrected chi connectivity index (χ3v) is 3.78. The van der Waals surface area contributed by atoms with E-state index in [4.69, 9.17) is 14.6 Å². The van der Waals surface area contributed by atoms with Gasteiger partial charge < -0.3 is 25.2 Å². The number of amides is 2. The molecule has 0 atom stereocenters. The molecule has 3 N–H and O–H groups in total. The predicted molar refractivity (Wildman–Crippen MR) is 101 cm³/mol. The molecule has 2 aromatic carbocycles. The highest BCUT2D eigenvalue weighted by Crippen LogP contribution is 2.28. The first-order chi connectivity index (χ1) is 11.6. The highest BCUT2D eigenvalue weighted by molar-refractivity contribution is 14.1. The lowest BCUT2D eigenvalue weighted by Gasteiger charge is -2.12. The number of methoxy groups -OCH3 is 1. The Morgan fingerprint density at radius 2 is 2.04 bits per heavy atom. The second kappa shape index (κ2) is 9.33. The second-order valence-electron chi connectivity index (χ2n) is 4.88. The molecule has 7 heteroatoms. The van der Waals surface area contributed by atoms with Crippen molar-refractivity contribution in [1.82, 2.24) is 5.32 Å². The van der Waals surface area contributed by atoms with Gasteiger partial charge in [0.1, 0.15) is 6.61 Å². The molecule has 0 aromatic heterocycles. The monoisotopic (exact) mass is 442 g/mol. The summed E-state index contributed by atoms with van der Waals surface area (Å²) < 4.78 is 11.7. The molecular weight excluding hydrogens is 423 g/mol. The molecule has 2 rings (SSSR count). The number of halogens is 1. The van der Waals surface area contributed by atoms with Crippen LogP contribution < -0.4 is 20.1 Å². The molecule has 0 heterocycles. The molecule has 0 saturated heterocycles. The lowest BCUT2D eigenvalue weighted by atomic mass is 10.2. The van der Waals surface area contributed by atoms with Crippen LogP contribution in [0.1, 0.15) is 5.56 Å². The summed E-state index contributed by atoms with van der Waals surface area (Å²) in [6, 6.07) is 12.7. The van der Waals surface area contributed by atoms with E-state index in [1.807, 2.05) is 30.3 Å². The molecule has 0 aliphatic rings. The maximum absolute atomic E-state index is 12.0. The molecule has 6 nitrogen and oxygen atoms in total. The number of nitrogens with one attached hydrogen (secondary N) is 2. The molecule has 0 aliphatic heterocycles. The van der Waals surface area contributed by atoms with Crippen LogP contribution in [0.15, 0.2) is 42.5 Å². The van der Waals surface area contributed by atoms with Crippen molar-refractivity contribution >= 4 is 34.3 Å². The SMILES string of the molecule is COc1cc(CNC(=O)Nc2cccc(I)c2)ccc1OCCO. The highest BCUT2D eigenvalue weighted by atomic mass is 127. The maximum atomic E-state index is 12.0. The van der Waals surface area contributed by atoms with Gasteiger partial charge in [-0.1, -0.05) is 12.1 Å². The van der Waals surface area contributed by atoms with Crippen LogP contribution in [0.5, 0.6) is 11.5 Å². The number of benzene rings is 2. The van der Waals surface area contributed by atoms with Crippen molar-refractivity contribution in [2.75, 3.05) is 25.6 Å². The predicted octanol–water partition coefficient (Wildman–Crippen LogP) is 2.99. The van der Waals surface area contributed by atoms with E-state index in [1.165, 1.54) is 0 Å². The summed E-state index contributed by atoms with van der Waals surface area (Å²) in [5.74, 6) is 1.11. The topological polar surface area (TPSA) is 79.8 Å². The van der Waals surface area contributed by atoms with Gasteiger partial charge in [0.25, 0.3) is 0 Å². The average Bonchev–Trinajstić information content (AvgIpc) is 2.58. The van der Waals surface area contributed by atoms with Crippen molar-refractivity contribution in [3.8, 4) is 11.5 Å². The standard InChI is InChI=1S/C17H19IN2O4/c1-23-16-9-12(5-6-15(16)24-8-7-21)11-19-17(22)20-14-4-2-3-13(18)10-14/h2-6,9-10,21H,7-8,11H2,1H3,(H2,19,20,22). The van der Waals surface area contributed by atoms with E-state index < -0.39 is 0 Å². The molecule has 0 spiro atoms. The van der Waals surface area contributed by atoms with Crippen LogP contribution in [0.25, 0.3) is 0 Å². The van der Waals surface area contributed by atoms with Gasteiger partial charge >= 0.3 is 6.03 Å². The Balaban J connectivity index is 1.92. The van der Waals surface area contributed by atoms with Gasteiger partial charge in [-0.25, -0.2) is 4.79 Å². The van der Waals surface area contributed by atoms with Gasteiger partial charge in [0.2, 0.25) is 0 Å². The Morgan fingerprint density at radius 1 is 1.21 bits per heavy atom. The number of anilines is 1. The van der Waals surface area contributed by atoms with Crippen LogP contribution >= 0.6 is 22.6 Å². The number of urea groups is 1. The van der Waals surface area contributed by atoms with Crippen molar-refractivity contribution in [3.05, 3.63) is 51.6 Å². The smallest absolute Gasteiger partial charge is 0.319 e. The van der Waals surface area contributed by atoms with Crippen molar-refractivity contribution in [1.29, 1.82) is 0 Å². The second-order valence-corrected chi connectivity index (χ2v) is 6.12. The van der Waals surface area contributed by atoms with Crippen LogP contribution in [0.2, 0.25) is 0 Å². The number of aliphatic hydroxyl groups excluding tert-OH is 1. The lowest BCUT2D eigenvalue weighted by Crippen LogP contribution is -2.28. The van der Waals surface area contributed by atoms with Crippen molar-refractivity contribution in [3.63, 3.8) is 0 Å². The third-order valence-electron chi connectivity index (χ3n) is 3.11. The summed E-state index contributed by atoms with van der Waals surface area (Å²) in [6.45, 7) is 0.490. The Morgan fingerprint density at radius 3 is 2.75 bits per heavy atom. The first-order valence-electron chi connectivity index (χ1n) is 7.33. The van der Waals surface area contributed by atoms with Crippen molar-refractivity contribution in [2.24, 2.45) is 0 Å². The van der Waals surface area contributed by atoms with E-state index in [9.17, 15) is 4.79 Å². The number of rotatable bonds is 7. The lowest BCUT2D eigenvalue weighted by molar-refractivity contribution is 0.196. The van der Waals surface area contributed by atoms with Crippen LogP contribution in [0.3, 0.4) is 0 Å². The van der Waals surface area contributed by atoms with Gasteiger partial charge in [-0.15, -0.1) is 0 Å². The van der Waals surface area contributed by atoms with Crippen molar-refractivity contribution in [2.45, 2.75) is 6.54 Å². The molecule has 0 bridgehead atoms. The zero-order valence-electron chi connectivity index (χ0n) is 13.2. The fourth-order valence-corrected chi connectivity index (χ4v) is 2.56. The van der Waals surface area contributed by atoms with Crippen LogP contribution in [0.4, 0.5) is 10.5 Å². The number of ether oxygens (including phenoxy) is 2. The van der Waals surface area contributed by atoms with Crippen LogP contribution in [0, 0.1) is 3.57 Å². The average molecular weight is 442 g/mol. The normalized spacial score (nSPS) is 10.1. The molecular formula is C17H19IN2O4. The van der Waals surface area contributed by atoms with Gasteiger partial charge in [-0.05, 0) is 58.5 Å². The maximum Gasteiger partial charge on any atom is 0.319 e. The van der Waals surface area contributed by atoms with E-state index in [0.717, 1.165) is 14.8 Å². The molecule has 0 saturated carbocycles. The van der Waals surface area contributed by atoms with E-state index >= 15 is 0 Å². The van der Waals surface area contributed by atoms with Crippen molar-refractivity contribution < 1.29 is 19.4 Å². The van der Waals surface area contributed by atoms with Crippen LogP contribution in [-0.2, 0) is 6.54 Å². The Kier molecular flexibility index (Phi) is 7.13. The van der Waals surface area contributed by atoms with Crippen LogP contribution in [-0.4, -0.2) is 31.5 Å². The van der Waals surface area contributed by atoms with E-state index in [0.29, 0.717) is 18.0 Å². The van der Waals surface area contributed by atoms with Gasteiger partial charge in [0, 0.05) is 15.8 Å². The minimum atomic E-state index is -0.281. The summed E-state index contributed by atoms with van der Waals surface area (Å²) in [5, 5.41) is 14.4. The summed E-state index contributed by atoms with van der Waals surface area (Å²) in [6.07, 6.45) is 0. The first-order valence-corrected chi connectivity index (χ1v) is 8.41. The number of hydrogen-bond donors (Lipinski definition) is 3. The molecule has 2 amide bonds. The quantitative estimate of drug-likeness (QED) is 0.577. The van der Waals surface area contributed by atoms with Gasteiger partial charge in [-0.2, -0.15) is 0 Å². The molecule has 24 heavy (non-hydrogen) atoms. The number of hydrogen-bond acceptors (Lipinski definition) is 4. The zero-order valence-corrected chi connectivity index (χ0v) is 15.4. The molecule has 0 aliphatic carbocycles. The fourth-order valence-electron chi connectivity index (χ4n) is 2.02. The van der Waals surface area contributed by atoms with Gasteiger partial charge in [0.15, 0.2) is 11.5 Å². The number of carbonyl (C=O) groups is 1. The Bertz CT molecular complexity index is 694. The third kappa shape index (κ3) is 5.57. The molecule has 0 radical (unpaired) electrons. The summed E-state index contributed by atoms with van der Waals surface area (Å²) in [4.78, 5) is 12.0. The molecule has 128 valence electrons. The number of aliphatic hydroxyl groups is 1. The molecule has 0 unspecified atom stereocenters. The number of carbonyl (C=O) groups excluding carboxylic acids is 1. The van der Waals surface area contributed by atoms with Gasteiger partial charge in [-0.3, -0.25) is 0 Å². The van der Waals surface area contributed by atoms with Gasteiger partial charge in [0.05, 0.1) is 13.7 Å². The summed E-state index contributed by atoms with van der Waals surface area (Å²) in [5.41, 5.74) is 1.62. The summed E-state index contributed by atoms with van der Waals surface area (Å²) >= 11 is 2.19. The van der Waals surface area contributed by atoms with E-state index in [-0.39, 0.29) is 19.2 Å². The van der Waals surface area contributed by atoms with E-state index in [1.54, 1.807) is 19.2 Å². The summed E-state index contributed by atoms with van der Waals surface area (Å²) in [7, 11) is 1.54. The molecule has 0 fully saturated rings. The minimum absolute atomic E-state index is 0.0644. The first kappa shape index (κ1) is 18.3. The van der Waals surface area contributed by atoms with E-state index in [2.05, 4.69) is 33.2 Å². The minimum Gasteiger partial charge on any atom is -0.493 e. The molecule has 2 aromatic rings.